The minimum atomic E-state index is -0.404. The summed E-state index contributed by atoms with van der Waals surface area (Å²) in [6.45, 7) is 0.380. The fraction of sp³-hybridized carbons (Fsp3) is 0.133. The Balaban J connectivity index is 2.15. The number of carbonyl (C=O) groups is 1. The molecule has 2 aromatic rings. The van der Waals surface area contributed by atoms with Crippen LogP contribution < -0.4 is 0 Å². The predicted octanol–water partition coefficient (Wildman–Crippen LogP) is 5.17. The van der Waals surface area contributed by atoms with Crippen LogP contribution in [0.5, 0.6) is 0 Å². The third-order valence-corrected chi connectivity index (χ3v) is 4.26. The number of nitrogens with zero attached hydrogens (tertiary/aromatic N) is 1. The summed E-state index contributed by atoms with van der Waals surface area (Å²) in [6, 6.07) is 9.37. The quantitative estimate of drug-likeness (QED) is 0.708. The molecule has 1 amide bonds. The van der Waals surface area contributed by atoms with Crippen LogP contribution in [0.2, 0.25) is 10.0 Å². The number of rotatable bonds is 3. The molecule has 0 radical (unpaired) electrons. The minimum Gasteiger partial charge on any atom is -0.337 e. The van der Waals surface area contributed by atoms with Crippen molar-refractivity contribution in [2.45, 2.75) is 6.54 Å². The van der Waals surface area contributed by atoms with E-state index in [2.05, 4.69) is 15.9 Å². The zero-order valence-electron chi connectivity index (χ0n) is 11.0. The van der Waals surface area contributed by atoms with Gasteiger partial charge in [-0.25, -0.2) is 4.39 Å². The lowest BCUT2D eigenvalue weighted by molar-refractivity contribution is 0.0785. The highest BCUT2D eigenvalue weighted by Crippen LogP contribution is 2.23. The van der Waals surface area contributed by atoms with Crippen molar-refractivity contribution >= 4 is 45.0 Å². The van der Waals surface area contributed by atoms with Crippen LogP contribution in [0.25, 0.3) is 0 Å². The Morgan fingerprint density at radius 3 is 2.52 bits per heavy atom. The Bertz CT molecular complexity index is 693. The van der Waals surface area contributed by atoms with Crippen molar-refractivity contribution in [3.63, 3.8) is 0 Å². The molecule has 0 atom stereocenters. The molecule has 6 heteroatoms. The summed E-state index contributed by atoms with van der Waals surface area (Å²) < 4.78 is 13.5. The van der Waals surface area contributed by atoms with Gasteiger partial charge in [0.15, 0.2) is 0 Å². The highest BCUT2D eigenvalue weighted by molar-refractivity contribution is 9.10. The summed E-state index contributed by atoms with van der Waals surface area (Å²) in [5.74, 6) is -0.611. The predicted molar refractivity (Wildman–Crippen MR) is 86.4 cm³/mol. The van der Waals surface area contributed by atoms with E-state index in [4.69, 9.17) is 23.2 Å². The van der Waals surface area contributed by atoms with Gasteiger partial charge in [-0.1, -0.05) is 29.3 Å². The zero-order chi connectivity index (χ0) is 15.6. The van der Waals surface area contributed by atoms with Crippen molar-refractivity contribution in [1.82, 2.24) is 4.90 Å². The van der Waals surface area contributed by atoms with Crippen LogP contribution in [0.15, 0.2) is 40.9 Å². The van der Waals surface area contributed by atoms with Crippen molar-refractivity contribution in [3.05, 3.63) is 67.9 Å². The van der Waals surface area contributed by atoms with Gasteiger partial charge >= 0.3 is 0 Å². The first-order valence-electron chi connectivity index (χ1n) is 6.03. The maximum Gasteiger partial charge on any atom is 0.253 e. The second-order valence-electron chi connectivity index (χ2n) is 4.54. The third-order valence-electron chi connectivity index (χ3n) is 2.92. The molecule has 0 unspecified atom stereocenters. The molecule has 0 bridgehead atoms. The van der Waals surface area contributed by atoms with Crippen molar-refractivity contribution < 1.29 is 9.18 Å². The normalized spacial score (nSPS) is 10.5. The average Bonchev–Trinajstić information content (AvgIpc) is 2.45. The Hall–Kier alpha value is -1.10. The Morgan fingerprint density at radius 1 is 1.19 bits per heavy atom. The summed E-state index contributed by atoms with van der Waals surface area (Å²) in [5, 5.41) is 0.913. The maximum absolute atomic E-state index is 13.2. The molecular formula is C15H11BrCl2FNO. The summed E-state index contributed by atoms with van der Waals surface area (Å²) >= 11 is 14.9. The Labute approximate surface area is 140 Å². The first-order valence-corrected chi connectivity index (χ1v) is 7.58. The van der Waals surface area contributed by atoms with Crippen LogP contribution in [-0.4, -0.2) is 17.9 Å². The lowest BCUT2D eigenvalue weighted by atomic mass is 10.1. The fourth-order valence-corrected chi connectivity index (χ4v) is 2.53. The largest absolute Gasteiger partial charge is 0.337 e. The second-order valence-corrected chi connectivity index (χ2v) is 6.21. The summed E-state index contributed by atoms with van der Waals surface area (Å²) in [4.78, 5) is 13.8. The topological polar surface area (TPSA) is 20.3 Å². The number of benzene rings is 2. The summed E-state index contributed by atoms with van der Waals surface area (Å²) in [6.07, 6.45) is 0. The van der Waals surface area contributed by atoms with Crippen LogP contribution in [0.1, 0.15) is 15.9 Å². The van der Waals surface area contributed by atoms with Crippen molar-refractivity contribution in [2.24, 2.45) is 0 Å². The van der Waals surface area contributed by atoms with Crippen molar-refractivity contribution in [3.8, 4) is 0 Å². The smallest absolute Gasteiger partial charge is 0.253 e. The molecular weight excluding hydrogens is 380 g/mol. The first kappa shape index (κ1) is 16.3. The molecule has 0 N–H and O–H groups in total. The van der Waals surface area contributed by atoms with Gasteiger partial charge in [0, 0.05) is 19.2 Å². The molecule has 2 nitrogen and oxygen atoms in total. The fourth-order valence-electron chi connectivity index (χ4n) is 1.83. The minimum absolute atomic E-state index is 0.207. The highest BCUT2D eigenvalue weighted by Gasteiger charge is 2.14. The van der Waals surface area contributed by atoms with E-state index < -0.39 is 5.82 Å². The maximum atomic E-state index is 13.2. The van der Waals surface area contributed by atoms with E-state index in [-0.39, 0.29) is 10.4 Å². The lowest BCUT2D eigenvalue weighted by Crippen LogP contribution is -2.26. The van der Waals surface area contributed by atoms with Gasteiger partial charge < -0.3 is 4.90 Å². The summed E-state index contributed by atoms with van der Waals surface area (Å²) in [5.41, 5.74) is 1.27. The van der Waals surface area contributed by atoms with Gasteiger partial charge in [0.2, 0.25) is 0 Å². The van der Waals surface area contributed by atoms with Crippen molar-refractivity contribution in [2.75, 3.05) is 7.05 Å². The van der Waals surface area contributed by atoms with E-state index in [1.807, 2.05) is 0 Å². The zero-order valence-corrected chi connectivity index (χ0v) is 14.1. The number of hydrogen-bond donors (Lipinski definition) is 0. The first-order chi connectivity index (χ1) is 9.88. The average molecular weight is 391 g/mol. The molecule has 110 valence electrons. The number of amides is 1. The van der Waals surface area contributed by atoms with E-state index in [1.165, 1.54) is 23.1 Å². The van der Waals surface area contributed by atoms with Gasteiger partial charge in [0.1, 0.15) is 5.82 Å². The Kier molecular flexibility index (Phi) is 5.25. The van der Waals surface area contributed by atoms with Gasteiger partial charge in [-0.2, -0.15) is 0 Å². The van der Waals surface area contributed by atoms with Gasteiger partial charge in [-0.3, -0.25) is 4.79 Å². The lowest BCUT2D eigenvalue weighted by Gasteiger charge is -2.18. The van der Waals surface area contributed by atoms with E-state index >= 15 is 0 Å². The highest BCUT2D eigenvalue weighted by atomic mass is 79.9. The van der Waals surface area contributed by atoms with Gasteiger partial charge in [0.25, 0.3) is 5.91 Å². The molecule has 21 heavy (non-hydrogen) atoms. The molecule has 0 heterocycles. The standard InChI is InChI=1S/C15H11BrCl2FNO/c1-20(8-9-2-4-12(17)13(18)6-9)15(21)10-3-5-14(19)11(16)7-10/h2-7H,8H2,1H3. The van der Waals surface area contributed by atoms with Crippen LogP contribution in [0.3, 0.4) is 0 Å². The van der Waals surface area contributed by atoms with Crippen molar-refractivity contribution in [1.29, 1.82) is 0 Å². The molecule has 0 fully saturated rings. The summed E-state index contributed by atoms with van der Waals surface area (Å²) in [7, 11) is 1.67. The second kappa shape index (κ2) is 6.77. The third kappa shape index (κ3) is 3.96. The molecule has 0 aromatic heterocycles. The monoisotopic (exact) mass is 389 g/mol. The van der Waals surface area contributed by atoms with E-state index in [0.29, 0.717) is 22.2 Å². The van der Waals surface area contributed by atoms with Crippen LogP contribution in [-0.2, 0) is 6.54 Å². The van der Waals surface area contributed by atoms with Gasteiger partial charge in [-0.15, -0.1) is 0 Å². The SMILES string of the molecule is CN(Cc1ccc(Cl)c(Cl)c1)C(=O)c1ccc(F)c(Br)c1. The van der Waals surface area contributed by atoms with E-state index in [0.717, 1.165) is 5.56 Å². The molecule has 2 aromatic carbocycles. The Morgan fingerprint density at radius 2 is 1.90 bits per heavy atom. The molecule has 0 aliphatic rings. The molecule has 0 aliphatic carbocycles. The van der Waals surface area contributed by atoms with Gasteiger partial charge in [0.05, 0.1) is 14.5 Å². The van der Waals surface area contributed by atoms with Crippen LogP contribution in [0.4, 0.5) is 4.39 Å². The van der Waals surface area contributed by atoms with E-state index in [9.17, 15) is 9.18 Å². The molecule has 0 saturated heterocycles. The number of carbonyl (C=O) groups excluding carboxylic acids is 1. The molecule has 0 saturated carbocycles. The molecule has 2 rings (SSSR count). The van der Waals surface area contributed by atoms with E-state index in [1.54, 1.807) is 25.2 Å². The molecule has 0 spiro atoms. The van der Waals surface area contributed by atoms with Crippen LogP contribution >= 0.6 is 39.1 Å². The number of halogens is 4. The van der Waals surface area contributed by atoms with Crippen LogP contribution in [0, 0.1) is 5.82 Å². The number of hydrogen-bond acceptors (Lipinski definition) is 1. The molecule has 0 aliphatic heterocycles. The van der Waals surface area contributed by atoms with Gasteiger partial charge in [-0.05, 0) is 51.8 Å².